The van der Waals surface area contributed by atoms with Crippen molar-refractivity contribution in [3.8, 4) is 11.5 Å². The maximum Gasteiger partial charge on any atom is 0.270 e. The molecule has 1 aromatic carbocycles. The molecule has 2 amide bonds. The smallest absolute Gasteiger partial charge is 0.270 e. The minimum absolute atomic E-state index is 0.191. The fourth-order valence-electron chi connectivity index (χ4n) is 2.51. The predicted molar refractivity (Wildman–Crippen MR) is 98.9 cm³/mol. The van der Waals surface area contributed by atoms with Crippen LogP contribution in [0.4, 0.5) is 0 Å². The molecule has 0 unspecified atom stereocenters. The van der Waals surface area contributed by atoms with Crippen LogP contribution < -0.4 is 20.1 Å². The standard InChI is InChI=1S/C19H22N4O4/c1-23(2)8-7-21-18(24)14-5-6-20-15(10-14)19(25)22-11-13-3-4-16-17(9-13)27-12-26-16/h3-6,9-10H,7-8,11-12H2,1-2H3,(H,21,24)(H,22,25). The maximum absolute atomic E-state index is 12.4. The Kier molecular flexibility index (Phi) is 5.87. The fourth-order valence-corrected chi connectivity index (χ4v) is 2.51. The number of amides is 2. The Morgan fingerprint density at radius 1 is 1.07 bits per heavy atom. The van der Waals surface area contributed by atoms with Gasteiger partial charge in [-0.25, -0.2) is 0 Å². The summed E-state index contributed by atoms with van der Waals surface area (Å²) in [5.74, 6) is 0.774. The van der Waals surface area contributed by atoms with Gasteiger partial charge in [0.1, 0.15) is 5.69 Å². The molecule has 2 heterocycles. The topological polar surface area (TPSA) is 92.8 Å². The molecule has 1 aliphatic rings. The first-order chi connectivity index (χ1) is 13.0. The van der Waals surface area contributed by atoms with E-state index < -0.39 is 0 Å². The zero-order valence-corrected chi connectivity index (χ0v) is 15.3. The van der Waals surface area contributed by atoms with E-state index in [9.17, 15) is 9.59 Å². The van der Waals surface area contributed by atoms with Crippen LogP contribution in [0.1, 0.15) is 26.4 Å². The van der Waals surface area contributed by atoms with Crippen LogP contribution in [0.2, 0.25) is 0 Å². The maximum atomic E-state index is 12.4. The predicted octanol–water partition coefficient (Wildman–Crippen LogP) is 1.03. The lowest BCUT2D eigenvalue weighted by Crippen LogP contribution is -2.31. The van der Waals surface area contributed by atoms with Crippen molar-refractivity contribution in [2.24, 2.45) is 0 Å². The fraction of sp³-hybridized carbons (Fsp3) is 0.316. The average Bonchev–Trinajstić information content (AvgIpc) is 3.13. The third kappa shape index (κ3) is 4.95. The number of carbonyl (C=O) groups excluding carboxylic acids is 2. The molecule has 8 heteroatoms. The number of rotatable bonds is 7. The van der Waals surface area contributed by atoms with E-state index >= 15 is 0 Å². The first kappa shape index (κ1) is 18.7. The lowest BCUT2D eigenvalue weighted by molar-refractivity contribution is 0.0946. The van der Waals surface area contributed by atoms with E-state index in [1.54, 1.807) is 12.1 Å². The number of nitrogens with zero attached hydrogens (tertiary/aromatic N) is 2. The minimum Gasteiger partial charge on any atom is -0.454 e. The third-order valence-electron chi connectivity index (χ3n) is 3.99. The van der Waals surface area contributed by atoms with E-state index in [-0.39, 0.29) is 24.3 Å². The molecule has 0 atom stereocenters. The molecule has 3 rings (SSSR count). The molecule has 0 aliphatic carbocycles. The van der Waals surface area contributed by atoms with Crippen molar-refractivity contribution < 1.29 is 19.1 Å². The summed E-state index contributed by atoms with van der Waals surface area (Å²) in [6, 6.07) is 8.56. The van der Waals surface area contributed by atoms with Gasteiger partial charge in [0.2, 0.25) is 6.79 Å². The average molecular weight is 370 g/mol. The SMILES string of the molecule is CN(C)CCNC(=O)c1ccnc(C(=O)NCc2ccc3c(c2)OCO3)c1. The van der Waals surface area contributed by atoms with Crippen LogP contribution in [0, 0.1) is 0 Å². The van der Waals surface area contributed by atoms with Gasteiger partial charge in [-0.3, -0.25) is 14.6 Å². The number of hydrogen-bond acceptors (Lipinski definition) is 6. The number of hydrogen-bond donors (Lipinski definition) is 2. The van der Waals surface area contributed by atoms with Crippen LogP contribution >= 0.6 is 0 Å². The Bertz CT molecular complexity index is 838. The van der Waals surface area contributed by atoms with Crippen LogP contribution in [-0.4, -0.2) is 55.7 Å². The lowest BCUT2D eigenvalue weighted by atomic mass is 10.2. The van der Waals surface area contributed by atoms with Crippen molar-refractivity contribution in [2.45, 2.75) is 6.54 Å². The van der Waals surface area contributed by atoms with Crippen molar-refractivity contribution in [2.75, 3.05) is 34.0 Å². The lowest BCUT2D eigenvalue weighted by Gasteiger charge is -2.11. The molecule has 0 spiro atoms. The van der Waals surface area contributed by atoms with Crippen molar-refractivity contribution in [3.63, 3.8) is 0 Å². The second kappa shape index (κ2) is 8.50. The van der Waals surface area contributed by atoms with Crippen molar-refractivity contribution in [1.29, 1.82) is 0 Å². The van der Waals surface area contributed by atoms with Gasteiger partial charge >= 0.3 is 0 Å². The van der Waals surface area contributed by atoms with Gasteiger partial charge in [-0.15, -0.1) is 0 Å². The van der Waals surface area contributed by atoms with E-state index in [1.165, 1.54) is 12.3 Å². The first-order valence-electron chi connectivity index (χ1n) is 8.58. The van der Waals surface area contributed by atoms with Crippen LogP contribution in [-0.2, 0) is 6.54 Å². The summed E-state index contributed by atoms with van der Waals surface area (Å²) in [7, 11) is 3.86. The molecular formula is C19H22N4O4. The second-order valence-corrected chi connectivity index (χ2v) is 6.36. The van der Waals surface area contributed by atoms with Gasteiger partial charge in [-0.05, 0) is 43.9 Å². The summed E-state index contributed by atoms with van der Waals surface area (Å²) >= 11 is 0. The van der Waals surface area contributed by atoms with Crippen molar-refractivity contribution in [3.05, 3.63) is 53.3 Å². The molecule has 2 N–H and O–H groups in total. The monoisotopic (exact) mass is 370 g/mol. The van der Waals surface area contributed by atoms with Crippen molar-refractivity contribution in [1.82, 2.24) is 20.5 Å². The van der Waals surface area contributed by atoms with E-state index in [0.717, 1.165) is 12.1 Å². The zero-order valence-electron chi connectivity index (χ0n) is 15.3. The molecular weight excluding hydrogens is 348 g/mol. The number of ether oxygens (including phenoxy) is 2. The van der Waals surface area contributed by atoms with Crippen LogP contribution in [0.3, 0.4) is 0 Å². The van der Waals surface area contributed by atoms with Gasteiger partial charge in [0.05, 0.1) is 0 Å². The first-order valence-corrected chi connectivity index (χ1v) is 8.58. The molecule has 1 aliphatic heterocycles. The quantitative estimate of drug-likeness (QED) is 0.756. The van der Waals surface area contributed by atoms with E-state index in [1.807, 2.05) is 31.1 Å². The normalized spacial score (nSPS) is 12.1. The summed E-state index contributed by atoms with van der Waals surface area (Å²) in [5.41, 5.74) is 1.47. The molecule has 0 radical (unpaired) electrons. The molecule has 1 aromatic heterocycles. The number of fused-ring (bicyclic) bond motifs is 1. The van der Waals surface area contributed by atoms with Crippen LogP contribution in [0.5, 0.6) is 11.5 Å². The Morgan fingerprint density at radius 3 is 2.70 bits per heavy atom. The molecule has 0 saturated carbocycles. The summed E-state index contributed by atoms with van der Waals surface area (Å²) in [6.45, 7) is 1.79. The Labute approximate surface area is 157 Å². The van der Waals surface area contributed by atoms with Crippen molar-refractivity contribution >= 4 is 11.8 Å². The number of likely N-dealkylation sites (N-methyl/N-ethyl adjacent to an activating group) is 1. The number of aromatic nitrogens is 1. The molecule has 0 bridgehead atoms. The van der Waals surface area contributed by atoms with E-state index in [2.05, 4.69) is 15.6 Å². The zero-order chi connectivity index (χ0) is 19.2. The van der Waals surface area contributed by atoms with Crippen LogP contribution in [0.25, 0.3) is 0 Å². The second-order valence-electron chi connectivity index (χ2n) is 6.36. The molecule has 2 aromatic rings. The summed E-state index contributed by atoms with van der Waals surface area (Å²) < 4.78 is 10.6. The number of carbonyl (C=O) groups is 2. The van der Waals surface area contributed by atoms with Gasteiger partial charge in [0.15, 0.2) is 11.5 Å². The van der Waals surface area contributed by atoms with Crippen LogP contribution in [0.15, 0.2) is 36.5 Å². The molecule has 0 saturated heterocycles. The largest absolute Gasteiger partial charge is 0.454 e. The van der Waals surface area contributed by atoms with E-state index in [4.69, 9.17) is 9.47 Å². The van der Waals surface area contributed by atoms with Gasteiger partial charge in [0, 0.05) is 31.4 Å². The van der Waals surface area contributed by atoms with Gasteiger partial charge < -0.3 is 25.0 Å². The highest BCUT2D eigenvalue weighted by Crippen LogP contribution is 2.32. The Morgan fingerprint density at radius 2 is 1.89 bits per heavy atom. The van der Waals surface area contributed by atoms with Gasteiger partial charge in [-0.1, -0.05) is 6.07 Å². The highest BCUT2D eigenvalue weighted by Gasteiger charge is 2.15. The summed E-state index contributed by atoms with van der Waals surface area (Å²) in [5, 5.41) is 5.61. The van der Waals surface area contributed by atoms with E-state index in [0.29, 0.717) is 30.2 Å². The number of pyridine rings is 1. The Hall–Kier alpha value is -3.13. The summed E-state index contributed by atoms with van der Waals surface area (Å²) in [6.07, 6.45) is 1.45. The molecule has 8 nitrogen and oxygen atoms in total. The highest BCUT2D eigenvalue weighted by molar-refractivity contribution is 5.98. The minimum atomic E-state index is -0.351. The summed E-state index contributed by atoms with van der Waals surface area (Å²) in [4.78, 5) is 30.6. The third-order valence-corrected chi connectivity index (χ3v) is 3.99. The molecule has 0 fully saturated rings. The highest BCUT2D eigenvalue weighted by atomic mass is 16.7. The number of nitrogens with one attached hydrogen (secondary N) is 2. The van der Waals surface area contributed by atoms with Gasteiger partial charge in [-0.2, -0.15) is 0 Å². The number of benzene rings is 1. The molecule has 27 heavy (non-hydrogen) atoms. The Balaban J connectivity index is 1.57. The molecule has 142 valence electrons. The van der Waals surface area contributed by atoms with Gasteiger partial charge in [0.25, 0.3) is 11.8 Å².